The molecule has 0 spiro atoms. The number of hydrogen-bond acceptors (Lipinski definition) is 5. The van der Waals surface area contributed by atoms with Gasteiger partial charge in [-0.3, -0.25) is 10.1 Å². The van der Waals surface area contributed by atoms with Gasteiger partial charge in [0.2, 0.25) is 9.84 Å². The van der Waals surface area contributed by atoms with Crippen LogP contribution >= 0.6 is 16.1 Å². The summed E-state index contributed by atoms with van der Waals surface area (Å²) in [5.41, 5.74) is -0.660. The first-order chi connectivity index (χ1) is 7.80. The summed E-state index contributed by atoms with van der Waals surface area (Å²) in [4.78, 5) is 8.91. The molecule has 0 saturated carbocycles. The molecule has 0 atom stereocenters. The van der Waals surface area contributed by atoms with Crippen LogP contribution in [0.5, 0.6) is 0 Å². The first-order valence-corrected chi connectivity index (χ1v) is 6.31. The molecule has 0 aliphatic carbocycles. The molecule has 94 valence electrons. The first kappa shape index (κ1) is 13.8. The summed E-state index contributed by atoms with van der Waals surface area (Å²) in [6.07, 6.45) is 0. The Bertz CT molecular complexity index is 549. The standard InChI is InChI=1S/C7H5BrF2N2O4S/c8-11-5-2-1-4(3-6(5)12(13)14)17(15,16)7(9)10/h1-3,7,11H. The van der Waals surface area contributed by atoms with Gasteiger partial charge in [0.25, 0.3) is 5.69 Å². The molecule has 0 bridgehead atoms. The third kappa shape index (κ3) is 2.69. The van der Waals surface area contributed by atoms with E-state index >= 15 is 0 Å². The number of rotatable bonds is 4. The number of benzene rings is 1. The molecule has 0 heterocycles. The zero-order valence-corrected chi connectivity index (χ0v) is 10.3. The normalized spacial score (nSPS) is 11.5. The van der Waals surface area contributed by atoms with Crippen molar-refractivity contribution in [1.82, 2.24) is 0 Å². The van der Waals surface area contributed by atoms with Gasteiger partial charge >= 0.3 is 5.76 Å². The summed E-state index contributed by atoms with van der Waals surface area (Å²) in [6.45, 7) is 0. The molecule has 0 aliphatic rings. The fourth-order valence-electron chi connectivity index (χ4n) is 1.02. The highest BCUT2D eigenvalue weighted by Gasteiger charge is 2.29. The van der Waals surface area contributed by atoms with Crippen molar-refractivity contribution in [3.05, 3.63) is 28.3 Å². The molecule has 10 heteroatoms. The SMILES string of the molecule is O=[N+]([O-])c1cc(S(=O)(=O)C(F)F)ccc1NBr. The Kier molecular flexibility index (Phi) is 3.98. The lowest BCUT2D eigenvalue weighted by atomic mass is 10.3. The van der Waals surface area contributed by atoms with E-state index in [0.29, 0.717) is 6.07 Å². The molecule has 6 nitrogen and oxygen atoms in total. The molecule has 1 aromatic carbocycles. The summed E-state index contributed by atoms with van der Waals surface area (Å²) in [5, 5.41) is 10.6. The van der Waals surface area contributed by atoms with Gasteiger partial charge in [0.05, 0.1) is 9.82 Å². The van der Waals surface area contributed by atoms with Gasteiger partial charge in [-0.15, -0.1) is 0 Å². The molecule has 1 N–H and O–H groups in total. The van der Waals surface area contributed by atoms with Crippen molar-refractivity contribution in [3.63, 3.8) is 0 Å². The molecular formula is C7H5BrF2N2O4S. The lowest BCUT2D eigenvalue weighted by Crippen LogP contribution is -2.11. The van der Waals surface area contributed by atoms with Gasteiger partial charge in [0.15, 0.2) is 0 Å². The number of anilines is 1. The smallest absolute Gasteiger partial charge is 0.317 e. The Morgan fingerprint density at radius 1 is 1.41 bits per heavy atom. The third-order valence-corrected chi connectivity index (χ3v) is 3.64. The van der Waals surface area contributed by atoms with Crippen molar-refractivity contribution in [2.24, 2.45) is 0 Å². The van der Waals surface area contributed by atoms with Crippen LogP contribution in [-0.4, -0.2) is 19.1 Å². The van der Waals surface area contributed by atoms with E-state index in [2.05, 4.69) is 20.5 Å². The Morgan fingerprint density at radius 3 is 2.41 bits per heavy atom. The van der Waals surface area contributed by atoms with E-state index in [4.69, 9.17) is 0 Å². The highest BCUT2D eigenvalue weighted by atomic mass is 79.9. The Morgan fingerprint density at radius 2 is 2.00 bits per heavy atom. The van der Waals surface area contributed by atoms with Crippen LogP contribution in [-0.2, 0) is 9.84 Å². The van der Waals surface area contributed by atoms with Gasteiger partial charge < -0.3 is 4.34 Å². The summed E-state index contributed by atoms with van der Waals surface area (Å²) in [7, 11) is -4.84. The van der Waals surface area contributed by atoms with Gasteiger partial charge in [0.1, 0.15) is 5.69 Å². The van der Waals surface area contributed by atoms with Crippen LogP contribution in [0.15, 0.2) is 23.1 Å². The lowest BCUT2D eigenvalue weighted by molar-refractivity contribution is -0.384. The van der Waals surface area contributed by atoms with Gasteiger partial charge in [-0.2, -0.15) is 8.78 Å². The highest BCUT2D eigenvalue weighted by molar-refractivity contribution is 9.10. The van der Waals surface area contributed by atoms with E-state index in [-0.39, 0.29) is 5.69 Å². The summed E-state index contributed by atoms with van der Waals surface area (Å²) >= 11 is 2.73. The number of hydrogen-bond donors (Lipinski definition) is 1. The zero-order valence-electron chi connectivity index (χ0n) is 7.93. The average Bonchev–Trinajstić information content (AvgIpc) is 2.27. The predicted molar refractivity (Wildman–Crippen MR) is 58.8 cm³/mol. The maximum atomic E-state index is 12.2. The van der Waals surface area contributed by atoms with Crippen LogP contribution in [0.2, 0.25) is 0 Å². The minimum atomic E-state index is -4.84. The van der Waals surface area contributed by atoms with Gasteiger partial charge in [-0.1, -0.05) is 0 Å². The second-order valence-corrected chi connectivity index (χ2v) is 5.15. The number of nitrogens with one attached hydrogen (secondary N) is 1. The number of sulfone groups is 1. The number of nitrogens with zero attached hydrogens (tertiary/aromatic N) is 1. The fraction of sp³-hybridized carbons (Fsp3) is 0.143. The molecule has 0 radical (unpaired) electrons. The molecular weight excluding hydrogens is 326 g/mol. The van der Waals surface area contributed by atoms with Crippen LogP contribution in [0.1, 0.15) is 0 Å². The summed E-state index contributed by atoms with van der Waals surface area (Å²) in [6, 6.07) is 2.45. The Balaban J connectivity index is 3.41. The number of nitro benzene ring substituents is 1. The molecule has 0 aromatic heterocycles. The van der Waals surface area contributed by atoms with Crippen LogP contribution < -0.4 is 4.34 Å². The molecule has 0 unspecified atom stereocenters. The van der Waals surface area contributed by atoms with E-state index in [0.717, 1.165) is 12.1 Å². The Hall–Kier alpha value is -1.29. The summed E-state index contributed by atoms with van der Waals surface area (Å²) in [5.74, 6) is -3.62. The van der Waals surface area contributed by atoms with E-state index in [1.165, 1.54) is 0 Å². The van der Waals surface area contributed by atoms with Crippen LogP contribution in [0.25, 0.3) is 0 Å². The van der Waals surface area contributed by atoms with Gasteiger partial charge in [-0.05, 0) is 12.1 Å². The van der Waals surface area contributed by atoms with Gasteiger partial charge in [-0.25, -0.2) is 8.42 Å². The third-order valence-electron chi connectivity index (χ3n) is 1.83. The number of alkyl halides is 2. The number of nitro groups is 1. The highest BCUT2D eigenvalue weighted by Crippen LogP contribution is 2.30. The van der Waals surface area contributed by atoms with Crippen molar-refractivity contribution in [3.8, 4) is 0 Å². The van der Waals surface area contributed by atoms with Crippen LogP contribution in [0.3, 0.4) is 0 Å². The van der Waals surface area contributed by atoms with Gasteiger partial charge in [0, 0.05) is 22.2 Å². The topological polar surface area (TPSA) is 89.3 Å². The van der Waals surface area contributed by atoms with Crippen molar-refractivity contribution in [2.75, 3.05) is 4.34 Å². The molecule has 0 amide bonds. The fourth-order valence-corrected chi connectivity index (χ4v) is 2.10. The van der Waals surface area contributed by atoms with Crippen molar-refractivity contribution in [2.45, 2.75) is 10.7 Å². The van der Waals surface area contributed by atoms with Crippen molar-refractivity contribution in [1.29, 1.82) is 0 Å². The van der Waals surface area contributed by atoms with E-state index in [1.807, 2.05) is 0 Å². The minimum Gasteiger partial charge on any atom is -0.317 e. The second-order valence-electron chi connectivity index (χ2n) is 2.84. The maximum Gasteiger partial charge on any atom is 0.341 e. The largest absolute Gasteiger partial charge is 0.341 e. The van der Waals surface area contributed by atoms with Crippen molar-refractivity contribution < 1.29 is 22.1 Å². The average molecular weight is 331 g/mol. The molecule has 0 aliphatic heterocycles. The molecule has 1 aromatic rings. The molecule has 0 saturated heterocycles. The van der Waals surface area contributed by atoms with Crippen molar-refractivity contribution >= 4 is 37.4 Å². The number of halogens is 3. The Labute approximate surface area is 103 Å². The summed E-state index contributed by atoms with van der Waals surface area (Å²) < 4.78 is 48.9. The maximum absolute atomic E-state index is 12.2. The molecule has 17 heavy (non-hydrogen) atoms. The van der Waals surface area contributed by atoms with E-state index in [9.17, 15) is 27.3 Å². The quantitative estimate of drug-likeness (QED) is 0.519. The van der Waals surface area contributed by atoms with Crippen LogP contribution in [0, 0.1) is 10.1 Å². The second kappa shape index (κ2) is 4.92. The van der Waals surface area contributed by atoms with Crippen LogP contribution in [0.4, 0.5) is 20.2 Å². The minimum absolute atomic E-state index is 0.0387. The zero-order chi connectivity index (χ0) is 13.2. The predicted octanol–water partition coefficient (Wildman–Crippen LogP) is 2.31. The van der Waals surface area contributed by atoms with E-state index in [1.54, 1.807) is 0 Å². The van der Waals surface area contributed by atoms with E-state index < -0.39 is 31.1 Å². The monoisotopic (exact) mass is 330 g/mol. The molecule has 0 fully saturated rings. The first-order valence-electron chi connectivity index (χ1n) is 3.98. The molecule has 1 rings (SSSR count). The lowest BCUT2D eigenvalue weighted by Gasteiger charge is -2.05.